The van der Waals surface area contributed by atoms with Crippen molar-refractivity contribution in [3.05, 3.63) is 100 Å². The van der Waals surface area contributed by atoms with E-state index in [1.165, 1.54) is 29.2 Å². The van der Waals surface area contributed by atoms with E-state index in [0.29, 0.717) is 28.1 Å². The Morgan fingerprint density at radius 1 is 0.919 bits per heavy atom. The minimum absolute atomic E-state index is 0.00480. The number of aromatic nitrogens is 2. The number of nitrogens with zero attached hydrogens (tertiary/aromatic N) is 3. The summed E-state index contributed by atoms with van der Waals surface area (Å²) < 4.78 is 15.3. The number of amides is 2. The van der Waals surface area contributed by atoms with Gasteiger partial charge in [-0.2, -0.15) is 0 Å². The Labute approximate surface area is 211 Å². The molecule has 1 spiro atoms. The molecule has 0 bridgehead atoms. The Bertz CT molecular complexity index is 1700. The normalized spacial score (nSPS) is 25.8. The van der Waals surface area contributed by atoms with Gasteiger partial charge >= 0.3 is 0 Å². The standard InChI is InChI=1S/C29H23FN4O3/c1-15(2)24-22-23(27(37)33(26(22)36)17-13-11-16(30)12-14-17)29(32-24)19-8-4-6-10-21(19)34-25(35)18-7-3-5-9-20(18)31-28(29)34/h3-15,22-24,32H,1-2H3/t22-,23-,24-,29+/m1/s1. The van der Waals surface area contributed by atoms with Crippen LogP contribution in [0.2, 0.25) is 0 Å². The third kappa shape index (κ3) is 2.68. The molecule has 7 nitrogen and oxygen atoms in total. The van der Waals surface area contributed by atoms with E-state index in [9.17, 15) is 18.8 Å². The van der Waals surface area contributed by atoms with Crippen LogP contribution in [0.4, 0.5) is 10.1 Å². The van der Waals surface area contributed by atoms with E-state index in [1.807, 2.05) is 44.2 Å². The van der Waals surface area contributed by atoms with Crippen molar-refractivity contribution in [3.63, 3.8) is 0 Å². The molecule has 3 aliphatic rings. The first-order valence-corrected chi connectivity index (χ1v) is 12.4. The third-order valence-corrected chi connectivity index (χ3v) is 8.10. The van der Waals surface area contributed by atoms with Crippen LogP contribution in [0, 0.1) is 23.6 Å². The second-order valence-electron chi connectivity index (χ2n) is 10.3. The number of rotatable bonds is 2. The molecule has 4 heterocycles. The van der Waals surface area contributed by atoms with Crippen LogP contribution >= 0.6 is 0 Å². The van der Waals surface area contributed by atoms with Gasteiger partial charge in [-0.15, -0.1) is 0 Å². The quantitative estimate of drug-likeness (QED) is 0.431. The lowest BCUT2D eigenvalue weighted by molar-refractivity contribution is -0.123. The van der Waals surface area contributed by atoms with Crippen LogP contribution in [0.3, 0.4) is 0 Å². The van der Waals surface area contributed by atoms with Crippen molar-refractivity contribution in [3.8, 4) is 5.69 Å². The van der Waals surface area contributed by atoms with Gasteiger partial charge in [-0.3, -0.25) is 24.3 Å². The summed E-state index contributed by atoms with van der Waals surface area (Å²) in [6, 6.07) is 19.6. The Balaban J connectivity index is 1.53. The topological polar surface area (TPSA) is 84.3 Å². The first-order valence-electron chi connectivity index (χ1n) is 12.4. The number of carbonyl (C=O) groups excluding carboxylic acids is 2. The highest BCUT2D eigenvalue weighted by molar-refractivity contribution is 6.23. The molecule has 2 amide bonds. The lowest BCUT2D eigenvalue weighted by Crippen LogP contribution is -2.51. The van der Waals surface area contributed by atoms with Crippen molar-refractivity contribution in [2.24, 2.45) is 17.8 Å². The van der Waals surface area contributed by atoms with Crippen molar-refractivity contribution in [2.75, 3.05) is 4.90 Å². The fourth-order valence-corrected chi connectivity index (χ4v) is 6.57. The van der Waals surface area contributed by atoms with Crippen LogP contribution in [0.15, 0.2) is 77.6 Å². The number of anilines is 1. The van der Waals surface area contributed by atoms with Gasteiger partial charge in [0.05, 0.1) is 34.1 Å². The minimum atomic E-state index is -1.18. The molecular weight excluding hydrogens is 471 g/mol. The largest absolute Gasteiger partial charge is 0.296 e. The fraction of sp³-hybridized carbons (Fsp3) is 0.241. The molecule has 3 aliphatic heterocycles. The number of para-hydroxylation sites is 2. The van der Waals surface area contributed by atoms with Crippen molar-refractivity contribution >= 4 is 28.4 Å². The molecule has 0 aliphatic carbocycles. The van der Waals surface area contributed by atoms with E-state index in [-0.39, 0.29) is 29.3 Å². The summed E-state index contributed by atoms with van der Waals surface area (Å²) in [7, 11) is 0. The lowest BCUT2D eigenvalue weighted by atomic mass is 9.75. The second kappa shape index (κ2) is 7.43. The number of nitrogens with one attached hydrogen (secondary N) is 1. The predicted octanol–water partition coefficient (Wildman–Crippen LogP) is 3.52. The van der Waals surface area contributed by atoms with E-state index in [1.54, 1.807) is 22.8 Å². The SMILES string of the molecule is CC(C)[C@H]1N[C@@]2(c3ccccc3-n3c2nc2ccccc2c3=O)[C@H]2C(=O)N(c3ccc(F)cc3)C(=O)[C@@H]12. The molecule has 1 N–H and O–H groups in total. The highest BCUT2D eigenvalue weighted by Crippen LogP contribution is 2.56. The molecule has 184 valence electrons. The van der Waals surface area contributed by atoms with E-state index in [2.05, 4.69) is 5.32 Å². The van der Waals surface area contributed by atoms with Crippen LogP contribution in [0.5, 0.6) is 0 Å². The van der Waals surface area contributed by atoms with Crippen LogP contribution in [-0.4, -0.2) is 27.4 Å². The summed E-state index contributed by atoms with van der Waals surface area (Å²) in [4.78, 5) is 48.1. The average molecular weight is 495 g/mol. The lowest BCUT2D eigenvalue weighted by Gasteiger charge is -2.32. The molecule has 8 heteroatoms. The number of imide groups is 1. The number of benzene rings is 3. The van der Waals surface area contributed by atoms with Crippen molar-refractivity contribution in [1.29, 1.82) is 0 Å². The molecule has 2 fully saturated rings. The average Bonchev–Trinajstić information content (AvgIpc) is 3.49. The zero-order chi connectivity index (χ0) is 25.6. The molecule has 7 rings (SSSR count). The van der Waals surface area contributed by atoms with Gasteiger partial charge in [-0.05, 0) is 48.4 Å². The maximum atomic E-state index is 14.2. The predicted molar refractivity (Wildman–Crippen MR) is 136 cm³/mol. The van der Waals surface area contributed by atoms with Gasteiger partial charge in [-0.1, -0.05) is 44.2 Å². The van der Waals surface area contributed by atoms with Gasteiger partial charge in [0.1, 0.15) is 17.2 Å². The summed E-state index contributed by atoms with van der Waals surface area (Å²) in [5, 5.41) is 4.14. The molecule has 2 saturated heterocycles. The highest BCUT2D eigenvalue weighted by atomic mass is 19.1. The molecule has 1 aromatic heterocycles. The zero-order valence-electron chi connectivity index (χ0n) is 20.2. The summed E-state index contributed by atoms with van der Waals surface area (Å²) in [5.41, 5.74) is 0.861. The van der Waals surface area contributed by atoms with Crippen LogP contribution < -0.4 is 15.8 Å². The molecule has 4 atom stereocenters. The third-order valence-electron chi connectivity index (χ3n) is 8.10. The Hall–Kier alpha value is -4.17. The van der Waals surface area contributed by atoms with Crippen molar-refractivity contribution in [1.82, 2.24) is 14.9 Å². The first kappa shape index (κ1) is 22.1. The number of hydrogen-bond donors (Lipinski definition) is 1. The number of carbonyl (C=O) groups is 2. The van der Waals surface area contributed by atoms with Crippen LogP contribution in [0.1, 0.15) is 25.2 Å². The second-order valence-corrected chi connectivity index (χ2v) is 10.3. The summed E-state index contributed by atoms with van der Waals surface area (Å²) >= 11 is 0. The number of halogens is 1. The molecule has 0 saturated carbocycles. The molecule has 37 heavy (non-hydrogen) atoms. The van der Waals surface area contributed by atoms with Crippen molar-refractivity contribution in [2.45, 2.75) is 25.4 Å². The Kier molecular flexibility index (Phi) is 4.43. The number of hydrogen-bond acceptors (Lipinski definition) is 5. The molecule has 4 aromatic rings. The van der Waals surface area contributed by atoms with Crippen LogP contribution in [0.25, 0.3) is 16.6 Å². The molecule has 0 unspecified atom stereocenters. The van der Waals surface area contributed by atoms with E-state index in [0.717, 1.165) is 5.56 Å². The van der Waals surface area contributed by atoms with E-state index >= 15 is 0 Å². The van der Waals surface area contributed by atoms with Crippen LogP contribution in [-0.2, 0) is 15.1 Å². The monoisotopic (exact) mass is 494 g/mol. The molecule has 3 aromatic carbocycles. The van der Waals surface area contributed by atoms with Gasteiger partial charge in [0.25, 0.3) is 5.56 Å². The van der Waals surface area contributed by atoms with Gasteiger partial charge < -0.3 is 0 Å². The summed E-state index contributed by atoms with van der Waals surface area (Å²) in [6.45, 7) is 4.02. The molecular formula is C29H23FN4O3. The highest BCUT2D eigenvalue weighted by Gasteiger charge is 2.70. The van der Waals surface area contributed by atoms with Gasteiger partial charge in [0, 0.05) is 11.6 Å². The maximum Gasteiger partial charge on any atom is 0.266 e. The maximum absolute atomic E-state index is 14.2. The Morgan fingerprint density at radius 3 is 2.38 bits per heavy atom. The van der Waals surface area contributed by atoms with E-state index < -0.39 is 23.2 Å². The van der Waals surface area contributed by atoms with Crippen molar-refractivity contribution < 1.29 is 14.0 Å². The zero-order valence-corrected chi connectivity index (χ0v) is 20.2. The smallest absolute Gasteiger partial charge is 0.266 e. The summed E-state index contributed by atoms with van der Waals surface area (Å²) in [6.07, 6.45) is 0. The number of fused-ring (bicyclic) bond motifs is 8. The van der Waals surface area contributed by atoms with Gasteiger partial charge in [-0.25, -0.2) is 14.3 Å². The van der Waals surface area contributed by atoms with E-state index in [4.69, 9.17) is 4.98 Å². The molecule has 0 radical (unpaired) electrons. The Morgan fingerprint density at radius 2 is 1.62 bits per heavy atom. The minimum Gasteiger partial charge on any atom is -0.296 e. The fourth-order valence-electron chi connectivity index (χ4n) is 6.57. The van der Waals surface area contributed by atoms with Gasteiger partial charge in [0.15, 0.2) is 0 Å². The summed E-state index contributed by atoms with van der Waals surface area (Å²) in [5.74, 6) is -2.26. The first-order chi connectivity index (χ1) is 17.8. The van der Waals surface area contributed by atoms with Gasteiger partial charge in [0.2, 0.25) is 11.8 Å².